The highest BCUT2D eigenvalue weighted by atomic mass is 35.5. The zero-order valence-electron chi connectivity index (χ0n) is 17.6. The number of nitrogen functional groups attached to an aromatic ring is 1. The molecule has 22 heteroatoms. The van der Waals surface area contributed by atoms with E-state index in [2.05, 4.69) is 35.0 Å². The second-order valence-corrected chi connectivity index (χ2v) is 12.1. The first kappa shape index (κ1) is 28.9. The van der Waals surface area contributed by atoms with Gasteiger partial charge in [-0.25, -0.2) is 18.1 Å². The fraction of sp³-hybridized carbons (Fsp3) is 0.429. The molecule has 0 saturated carbocycles. The molecule has 3 unspecified atom stereocenters. The maximum atomic E-state index is 14.5. The molecular formula is C14H17ClFN4O13P3. The van der Waals surface area contributed by atoms with E-state index in [1.807, 2.05) is 0 Å². The first-order valence-corrected chi connectivity index (χ1v) is 14.1. The number of ether oxygens (including phenoxy) is 1. The van der Waals surface area contributed by atoms with Gasteiger partial charge in [-0.1, -0.05) is 17.5 Å². The number of anilines is 1. The molecule has 0 spiro atoms. The van der Waals surface area contributed by atoms with E-state index in [1.54, 1.807) is 0 Å². The Morgan fingerprint density at radius 3 is 2.53 bits per heavy atom. The van der Waals surface area contributed by atoms with Gasteiger partial charge in [0.05, 0.1) is 6.61 Å². The highest BCUT2D eigenvalue weighted by Crippen LogP contribution is 2.66. The summed E-state index contributed by atoms with van der Waals surface area (Å²) in [5.41, 5.74) is 4.24. The van der Waals surface area contributed by atoms with E-state index in [0.29, 0.717) is 0 Å². The normalized spacial score (nSPS) is 27.8. The Balaban J connectivity index is 1.91. The molecule has 1 aliphatic rings. The lowest BCUT2D eigenvalue weighted by atomic mass is 9.99. The van der Waals surface area contributed by atoms with Crippen LogP contribution in [0.2, 0.25) is 0 Å². The monoisotopic (exact) mass is 596 g/mol. The molecule has 200 valence electrons. The van der Waals surface area contributed by atoms with E-state index in [9.17, 15) is 37.8 Å². The maximum absolute atomic E-state index is 14.5. The summed E-state index contributed by atoms with van der Waals surface area (Å²) >= 11 is 6.49. The van der Waals surface area contributed by atoms with Crippen LogP contribution in [0.5, 0.6) is 0 Å². The zero-order chi connectivity index (χ0) is 27.3. The van der Waals surface area contributed by atoms with Crippen molar-refractivity contribution in [2.75, 3.05) is 12.3 Å². The number of aliphatic hydroxyl groups excluding tert-OH is 1. The SMILES string of the molecule is CC#CC1(Cl)[C@@H](O)[C@@H](COP(=O)(O)OP(=O)(O)OP(=O)(O)O)O[C@H]1n1cc(F)c2c(=O)[nH]c(N)nc21. The lowest BCUT2D eigenvalue weighted by Gasteiger charge is -2.25. The molecule has 2 aromatic rings. The van der Waals surface area contributed by atoms with Crippen molar-refractivity contribution in [2.24, 2.45) is 0 Å². The van der Waals surface area contributed by atoms with Crippen molar-refractivity contribution in [3.63, 3.8) is 0 Å². The molecule has 0 amide bonds. The number of phosphoric ester groups is 1. The Labute approximate surface area is 204 Å². The summed E-state index contributed by atoms with van der Waals surface area (Å²) in [6.07, 6.45) is -4.32. The van der Waals surface area contributed by atoms with Gasteiger partial charge in [0, 0.05) is 6.20 Å². The molecule has 36 heavy (non-hydrogen) atoms. The molecule has 2 aromatic heterocycles. The molecule has 1 saturated heterocycles. The second-order valence-electron chi connectivity index (χ2n) is 7.04. The van der Waals surface area contributed by atoms with Gasteiger partial charge in [0.2, 0.25) is 5.95 Å². The molecule has 1 fully saturated rings. The summed E-state index contributed by atoms with van der Waals surface area (Å²) in [6, 6.07) is 0. The minimum atomic E-state index is -5.79. The standard InChI is InChI=1S/C14H17ClFN4O13P3/c1-2-3-14(15)9(21)7(5-30-35(26,27)33-36(28,29)32-34(23,24)25)31-12(14)20-4-6(16)8-10(20)18-13(17)19-11(8)22/h4,7,9,12,21H,5H2,1H3,(H,26,27)(H,28,29)(H2,23,24,25)(H3,17,18,19,22)/t7-,9+,12-,14?/m1/s1. The van der Waals surface area contributed by atoms with E-state index in [1.165, 1.54) is 6.92 Å². The third-order valence-electron chi connectivity index (χ3n) is 4.49. The summed E-state index contributed by atoms with van der Waals surface area (Å²) in [7, 11) is -17.0. The number of H-pyrrole nitrogens is 1. The van der Waals surface area contributed by atoms with E-state index in [-0.39, 0.29) is 5.65 Å². The third-order valence-corrected chi connectivity index (χ3v) is 8.79. The maximum Gasteiger partial charge on any atom is 0.490 e. The molecule has 3 rings (SSSR count). The van der Waals surface area contributed by atoms with Crippen LogP contribution >= 0.6 is 35.1 Å². The molecule has 3 heterocycles. The van der Waals surface area contributed by atoms with Gasteiger partial charge < -0.3 is 35.2 Å². The van der Waals surface area contributed by atoms with E-state index in [0.717, 1.165) is 10.8 Å². The summed E-state index contributed by atoms with van der Waals surface area (Å²) in [6.45, 7) is 0.252. The van der Waals surface area contributed by atoms with Gasteiger partial charge in [0.15, 0.2) is 22.6 Å². The average molecular weight is 597 g/mol. The van der Waals surface area contributed by atoms with Crippen LogP contribution in [0.4, 0.5) is 10.3 Å². The highest BCUT2D eigenvalue weighted by molar-refractivity contribution is 7.66. The first-order chi connectivity index (χ1) is 16.4. The number of rotatable bonds is 8. The molecule has 0 aliphatic carbocycles. The minimum Gasteiger partial charge on any atom is -0.387 e. The molecule has 17 nitrogen and oxygen atoms in total. The van der Waals surface area contributed by atoms with Crippen molar-refractivity contribution in [3.05, 3.63) is 22.4 Å². The Morgan fingerprint density at radius 1 is 1.31 bits per heavy atom. The number of alkyl halides is 1. The van der Waals surface area contributed by atoms with Crippen LogP contribution < -0.4 is 11.3 Å². The predicted octanol–water partition coefficient (Wildman–Crippen LogP) is 0.0484. The van der Waals surface area contributed by atoms with Crippen LogP contribution in [0.1, 0.15) is 13.2 Å². The molecule has 8 N–H and O–H groups in total. The number of phosphoric acid groups is 3. The van der Waals surface area contributed by atoms with Crippen molar-refractivity contribution in [1.29, 1.82) is 0 Å². The number of hydrogen-bond donors (Lipinski definition) is 7. The predicted molar refractivity (Wildman–Crippen MR) is 116 cm³/mol. The van der Waals surface area contributed by atoms with Gasteiger partial charge in [0.1, 0.15) is 17.6 Å². The van der Waals surface area contributed by atoms with Crippen molar-refractivity contribution >= 4 is 52.1 Å². The molecule has 1 aliphatic heterocycles. The molecule has 0 bridgehead atoms. The molecule has 0 aromatic carbocycles. The van der Waals surface area contributed by atoms with Crippen LogP contribution in [-0.4, -0.2) is 62.9 Å². The number of nitrogens with zero attached hydrogens (tertiary/aromatic N) is 2. The second kappa shape index (κ2) is 9.90. The van der Waals surface area contributed by atoms with Crippen molar-refractivity contribution in [3.8, 4) is 11.8 Å². The summed E-state index contributed by atoms with van der Waals surface area (Å²) in [4.78, 5) is 52.0. The Bertz CT molecular complexity index is 1450. The number of aromatic nitrogens is 3. The Kier molecular flexibility index (Phi) is 7.94. The van der Waals surface area contributed by atoms with Crippen molar-refractivity contribution in [2.45, 2.75) is 30.2 Å². The van der Waals surface area contributed by atoms with Crippen molar-refractivity contribution < 1.29 is 60.6 Å². The lowest BCUT2D eigenvalue weighted by Crippen LogP contribution is -2.41. The summed E-state index contributed by atoms with van der Waals surface area (Å²) in [5.74, 6) is 3.44. The number of nitrogens with two attached hydrogens (primary N) is 1. The van der Waals surface area contributed by atoms with Gasteiger partial charge >= 0.3 is 23.5 Å². The molecular weight excluding hydrogens is 580 g/mol. The fourth-order valence-corrected chi connectivity index (χ4v) is 6.68. The van der Waals surface area contributed by atoms with Gasteiger partial charge in [-0.05, 0) is 6.92 Å². The van der Waals surface area contributed by atoms with Gasteiger partial charge in [-0.2, -0.15) is 13.6 Å². The average Bonchev–Trinajstić information content (AvgIpc) is 3.12. The zero-order valence-corrected chi connectivity index (χ0v) is 21.0. The quantitative estimate of drug-likeness (QED) is 0.120. The van der Waals surface area contributed by atoms with E-state index in [4.69, 9.17) is 31.9 Å². The van der Waals surface area contributed by atoms with Gasteiger partial charge in [0.25, 0.3) is 5.56 Å². The number of fused-ring (bicyclic) bond motifs is 1. The highest BCUT2D eigenvalue weighted by Gasteiger charge is 2.57. The Morgan fingerprint density at radius 2 is 1.94 bits per heavy atom. The van der Waals surface area contributed by atoms with Gasteiger partial charge in [-0.3, -0.25) is 18.9 Å². The van der Waals surface area contributed by atoms with Crippen LogP contribution in [-0.2, 0) is 31.6 Å². The lowest BCUT2D eigenvalue weighted by molar-refractivity contribution is -0.0427. The largest absolute Gasteiger partial charge is 0.490 e. The molecule has 6 atom stereocenters. The van der Waals surface area contributed by atoms with Crippen molar-refractivity contribution in [1.82, 2.24) is 14.5 Å². The number of aromatic amines is 1. The number of aliphatic hydroxyl groups is 1. The van der Waals surface area contributed by atoms with Crippen LogP contribution in [0, 0.1) is 17.7 Å². The Hall–Kier alpha value is -1.67. The van der Waals surface area contributed by atoms with Crippen LogP contribution in [0.3, 0.4) is 0 Å². The van der Waals surface area contributed by atoms with Gasteiger partial charge in [-0.15, -0.1) is 5.92 Å². The first-order valence-electron chi connectivity index (χ1n) is 9.19. The minimum absolute atomic E-state index is 0.345. The number of nitrogens with one attached hydrogen (secondary N) is 1. The fourth-order valence-electron chi connectivity index (χ4n) is 3.26. The number of halogens is 2. The van der Waals surface area contributed by atoms with Crippen LogP contribution in [0.25, 0.3) is 11.0 Å². The topological polar surface area (TPSA) is 266 Å². The summed E-state index contributed by atoms with van der Waals surface area (Å²) in [5, 5.41) is 10.2. The summed E-state index contributed by atoms with van der Waals surface area (Å²) < 4.78 is 66.8. The van der Waals surface area contributed by atoms with Crippen LogP contribution in [0.15, 0.2) is 11.0 Å². The number of hydrogen-bond acceptors (Lipinski definition) is 11. The van der Waals surface area contributed by atoms with E-state index < -0.39 is 76.1 Å². The van der Waals surface area contributed by atoms with E-state index >= 15 is 0 Å². The third kappa shape index (κ3) is 6.07. The molecule has 0 radical (unpaired) electrons. The smallest absolute Gasteiger partial charge is 0.387 e.